The summed E-state index contributed by atoms with van der Waals surface area (Å²) in [5, 5.41) is 0. The van der Waals surface area contributed by atoms with Gasteiger partial charge in [0.15, 0.2) is 0 Å². The zero-order chi connectivity index (χ0) is 4.50. The van der Waals surface area contributed by atoms with Gasteiger partial charge in [0.1, 0.15) is 0 Å². The maximum atomic E-state index is 8.88. The Kier molecular flexibility index (Phi) is 44.7. The molecule has 0 amide bonds. The first-order valence-corrected chi connectivity index (χ1v) is 2.35. The summed E-state index contributed by atoms with van der Waals surface area (Å²) in [6.45, 7) is 0. The van der Waals surface area contributed by atoms with E-state index in [0.717, 1.165) is 0 Å². The molecule has 0 unspecified atom stereocenters. The maximum absolute atomic E-state index is 8.88. The third-order valence-corrected chi connectivity index (χ3v) is 0. The van der Waals surface area contributed by atoms with Gasteiger partial charge in [-0.05, 0) is 0 Å². The van der Waals surface area contributed by atoms with Crippen molar-refractivity contribution in [1.29, 1.82) is 0 Å². The molecule has 3 N–H and O–H groups in total. The van der Waals surface area contributed by atoms with E-state index in [4.69, 9.17) is 19.2 Å². The van der Waals surface area contributed by atoms with Gasteiger partial charge in [0.2, 0.25) is 0 Å². The Labute approximate surface area is 120 Å². The van der Waals surface area contributed by atoms with Gasteiger partial charge in [-0.15, -0.1) is 0 Å². The fraction of sp³-hybridized carbons (Fsp3) is 0. The predicted octanol–water partition coefficient (Wildman–Crippen LogP) is -3.97. The predicted molar refractivity (Wildman–Crippen MR) is 23.4 cm³/mol. The van der Waals surface area contributed by atoms with Crippen LogP contribution in [0.2, 0.25) is 0 Å². The number of rotatable bonds is 0. The van der Waals surface area contributed by atoms with Gasteiger partial charge in [0, 0.05) is 34.1 Å². The Hall–Kier alpha value is 3.01. The molecule has 9 heavy (non-hydrogen) atoms. The summed E-state index contributed by atoms with van der Waals surface area (Å²) < 4.78 is 8.88. The van der Waals surface area contributed by atoms with Crippen molar-refractivity contribution < 1.29 is 76.5 Å². The molecule has 4 nitrogen and oxygen atoms in total. The van der Waals surface area contributed by atoms with Crippen molar-refractivity contribution in [3.8, 4) is 0 Å². The first-order chi connectivity index (χ1) is 2.00. The van der Waals surface area contributed by atoms with E-state index in [1.807, 2.05) is 0 Å². The molecule has 1 radical (unpaired) electrons. The fourth-order valence-corrected chi connectivity index (χ4v) is 0. The summed E-state index contributed by atoms with van der Waals surface area (Å²) in [6.07, 6.45) is 0. The van der Waals surface area contributed by atoms with Crippen LogP contribution in [0.4, 0.5) is 0 Å². The summed E-state index contributed by atoms with van der Waals surface area (Å²) in [4.78, 5) is 21.6. The average molecular weight is 259 g/mol. The van der Waals surface area contributed by atoms with Gasteiger partial charge in [-0.25, -0.2) is 4.57 Å². The molecule has 0 spiro atoms. The van der Waals surface area contributed by atoms with Crippen molar-refractivity contribution in [1.82, 2.24) is 0 Å². The Morgan fingerprint density at radius 3 is 1.22 bits per heavy atom. The Morgan fingerprint density at radius 1 is 1.22 bits per heavy atom. The van der Waals surface area contributed by atoms with Crippen molar-refractivity contribution in [2.75, 3.05) is 0 Å². The zero-order valence-electron chi connectivity index (χ0n) is 7.64. The van der Waals surface area contributed by atoms with Gasteiger partial charge in [-0.3, -0.25) is 0 Å². The van der Waals surface area contributed by atoms with E-state index in [9.17, 15) is 0 Å². The minimum Gasteiger partial charge on any atom is -1.00 e. The normalized spacial score (nSPS) is 6.56. The number of hydrogen-bond acceptors (Lipinski definition) is 1. The van der Waals surface area contributed by atoms with Crippen LogP contribution in [0, 0.1) is 0 Å². The molecule has 0 rings (SSSR count). The molecule has 0 bridgehead atoms. The smallest absolute Gasteiger partial charge is 1.00 e. The molecule has 0 aliphatic heterocycles. The van der Waals surface area contributed by atoms with Crippen LogP contribution in [0.3, 0.4) is 0 Å². The Balaban J connectivity index is -0.00000000381. The van der Waals surface area contributed by atoms with E-state index in [0.29, 0.717) is 0 Å². The van der Waals surface area contributed by atoms with Gasteiger partial charge in [-0.1, -0.05) is 0 Å². The largest absolute Gasteiger partial charge is 2.00 e. The maximum Gasteiger partial charge on any atom is 2.00 e. The van der Waals surface area contributed by atoms with Crippen molar-refractivity contribution in [3.05, 3.63) is 0 Å². The summed E-state index contributed by atoms with van der Waals surface area (Å²) >= 11 is 0. The fourth-order valence-electron chi connectivity index (χ4n) is 0. The van der Waals surface area contributed by atoms with Gasteiger partial charge in [0.05, 0.1) is 0 Å². The second-order valence-electron chi connectivity index (χ2n) is 0.513. The van der Waals surface area contributed by atoms with Crippen molar-refractivity contribution >= 4 is 45.6 Å². The van der Waals surface area contributed by atoms with Gasteiger partial charge in [-0.2, -0.15) is 0 Å². The van der Waals surface area contributed by atoms with Gasteiger partial charge < -0.3 is 19.0 Å². The molecule has 0 aromatic rings. The van der Waals surface area contributed by atoms with Crippen LogP contribution >= 0.6 is 7.82 Å². The number of phosphoric acid groups is 1. The molecule has 0 saturated heterocycles. The number of hydrogen-bond donors (Lipinski definition) is 3. The van der Waals surface area contributed by atoms with Crippen LogP contribution in [0.25, 0.3) is 0 Å². The monoisotopic (exact) mass is 259 g/mol. The minimum absolute atomic E-state index is 0. The Bertz CT molecular complexity index is 76.4. The van der Waals surface area contributed by atoms with Crippen LogP contribution in [-0.4, -0.2) is 52.4 Å². The topological polar surface area (TPSA) is 77.8 Å². The molecule has 0 fully saturated rings. The van der Waals surface area contributed by atoms with Crippen molar-refractivity contribution in [2.24, 2.45) is 0 Å². The second kappa shape index (κ2) is 13.6. The van der Waals surface area contributed by atoms with Crippen molar-refractivity contribution in [2.45, 2.75) is 0 Å². The van der Waals surface area contributed by atoms with Gasteiger partial charge >= 0.3 is 64.4 Å². The molecule has 0 aliphatic rings. The van der Waals surface area contributed by atoms with E-state index in [2.05, 4.69) is 0 Å². The molecule has 9 heteroatoms. The minimum atomic E-state index is -4.64. The molecule has 53 valence electrons. The SMILES string of the molecule is O=P(O)(O)O.[Ca+2].[Fe].[H-].[H-].[H-].[Li+].[Mn]. The average Bonchev–Trinajstić information content (AvgIpc) is 0.722. The third-order valence-electron chi connectivity index (χ3n) is 0. The van der Waals surface area contributed by atoms with E-state index >= 15 is 0 Å². The first-order valence-electron chi connectivity index (χ1n) is 0.783. The van der Waals surface area contributed by atoms with Crippen LogP contribution in [0.1, 0.15) is 4.28 Å². The van der Waals surface area contributed by atoms with Crippen LogP contribution in [0.5, 0.6) is 0 Å². The second-order valence-corrected chi connectivity index (χ2v) is 1.54. The van der Waals surface area contributed by atoms with E-state index in [1.54, 1.807) is 0 Å². The zero-order valence-corrected chi connectivity index (χ0v) is 10.0. The first kappa shape index (κ1) is 29.6. The Morgan fingerprint density at radius 2 is 1.22 bits per heavy atom. The summed E-state index contributed by atoms with van der Waals surface area (Å²) in [5.41, 5.74) is 0. The summed E-state index contributed by atoms with van der Waals surface area (Å²) in [5.74, 6) is 0. The molecule has 0 aromatic carbocycles. The van der Waals surface area contributed by atoms with Crippen LogP contribution < -0.4 is 18.9 Å². The molecule has 0 atom stereocenters. The quantitative estimate of drug-likeness (QED) is 0.306. The third kappa shape index (κ3) is 98.8. The van der Waals surface area contributed by atoms with Crippen LogP contribution in [-0.2, 0) is 38.7 Å². The van der Waals surface area contributed by atoms with Crippen LogP contribution in [0.15, 0.2) is 0 Å². The standard InChI is InChI=1S/Ca.Fe.Li.Mn.H3O4P.3H/c;;;;1-5(2,3)4;;;/h;;;;(H3,1,2,3,4);;;/q+2;;+1;;;3*-1. The summed E-state index contributed by atoms with van der Waals surface area (Å²) in [6, 6.07) is 0. The summed E-state index contributed by atoms with van der Waals surface area (Å²) in [7, 11) is -4.64. The van der Waals surface area contributed by atoms with Crippen molar-refractivity contribution in [3.63, 3.8) is 0 Å². The molecular weight excluding hydrogens is 253 g/mol. The van der Waals surface area contributed by atoms with E-state index in [1.165, 1.54) is 0 Å². The molecule has 0 heterocycles. The van der Waals surface area contributed by atoms with Gasteiger partial charge in [0.25, 0.3) is 0 Å². The molecular formula is H6CaFeLiMnO4P. The molecule has 0 aromatic heterocycles. The van der Waals surface area contributed by atoms with E-state index in [-0.39, 0.29) is 95.0 Å². The molecule has 0 aliphatic carbocycles. The van der Waals surface area contributed by atoms with E-state index < -0.39 is 7.82 Å². The molecule has 0 saturated carbocycles.